The number of rotatable bonds is 3. The van der Waals surface area contributed by atoms with Crippen LogP contribution in [0.4, 0.5) is 0 Å². The summed E-state index contributed by atoms with van der Waals surface area (Å²) in [6.07, 6.45) is 0.551. The zero-order valence-electron chi connectivity index (χ0n) is 8.11. The lowest BCUT2D eigenvalue weighted by atomic mass is 10.1. The Morgan fingerprint density at radius 1 is 1.47 bits per heavy atom. The van der Waals surface area contributed by atoms with Crippen molar-refractivity contribution in [3.05, 3.63) is 21.3 Å². The molecule has 1 aromatic rings. The highest BCUT2D eigenvalue weighted by molar-refractivity contribution is 7.16. The number of thiophene rings is 1. The normalized spacial score (nSPS) is 32.7. The number of carbonyl (C=O) groups is 1. The van der Waals surface area contributed by atoms with Crippen LogP contribution in [0.25, 0.3) is 0 Å². The summed E-state index contributed by atoms with van der Waals surface area (Å²) < 4.78 is 6.03. The van der Waals surface area contributed by atoms with Crippen LogP contribution in [0.15, 0.2) is 12.1 Å². The van der Waals surface area contributed by atoms with Gasteiger partial charge in [-0.3, -0.25) is 4.79 Å². The van der Waals surface area contributed by atoms with Gasteiger partial charge >= 0.3 is 0 Å². The molecule has 2 aliphatic rings. The first-order valence-corrected chi connectivity index (χ1v) is 6.30. The molecule has 0 amide bonds. The second kappa shape index (κ2) is 3.58. The number of fused-ring (bicyclic) bond motifs is 1. The van der Waals surface area contributed by atoms with E-state index >= 15 is 0 Å². The fourth-order valence-corrected chi connectivity index (χ4v) is 3.55. The van der Waals surface area contributed by atoms with E-state index in [1.54, 1.807) is 0 Å². The predicted octanol–water partition coefficient (Wildman–Crippen LogP) is 2.41. The second-order valence-corrected chi connectivity index (χ2v) is 6.04. The van der Waals surface area contributed by atoms with Crippen LogP contribution in [0.2, 0.25) is 4.34 Å². The quantitative estimate of drug-likeness (QED) is 0.814. The molecule has 1 saturated carbocycles. The van der Waals surface area contributed by atoms with Gasteiger partial charge in [-0.15, -0.1) is 11.3 Å². The van der Waals surface area contributed by atoms with E-state index in [0.717, 1.165) is 22.4 Å². The van der Waals surface area contributed by atoms with E-state index in [2.05, 4.69) is 0 Å². The van der Waals surface area contributed by atoms with Gasteiger partial charge in [0.15, 0.2) is 0 Å². The smallest absolute Gasteiger partial charge is 0.141 e. The molecule has 0 N–H and O–H groups in total. The molecule has 2 heterocycles. The predicted molar refractivity (Wildman–Crippen MR) is 59.3 cm³/mol. The van der Waals surface area contributed by atoms with Gasteiger partial charge in [0.05, 0.1) is 17.6 Å². The Labute approximate surface area is 97.2 Å². The molecular weight excluding hydrogens is 232 g/mol. The summed E-state index contributed by atoms with van der Waals surface area (Å²) in [5, 5.41) is 0. The topological polar surface area (TPSA) is 26.3 Å². The lowest BCUT2D eigenvalue weighted by molar-refractivity contribution is -0.120. The third kappa shape index (κ3) is 1.73. The number of carbonyl (C=O) groups excluding carboxylic acids is 1. The Balaban J connectivity index is 1.63. The Morgan fingerprint density at radius 3 is 2.80 bits per heavy atom. The molecule has 0 aromatic carbocycles. The molecule has 2 unspecified atom stereocenters. The lowest BCUT2D eigenvalue weighted by Crippen LogP contribution is -2.11. The van der Waals surface area contributed by atoms with Crippen LogP contribution in [-0.4, -0.2) is 19.0 Å². The van der Waals surface area contributed by atoms with Gasteiger partial charge in [-0.05, 0) is 24.0 Å². The summed E-state index contributed by atoms with van der Waals surface area (Å²) in [4.78, 5) is 13.0. The van der Waals surface area contributed by atoms with Gasteiger partial charge in [0.25, 0.3) is 0 Å². The Hall–Kier alpha value is -0.380. The van der Waals surface area contributed by atoms with E-state index in [0.29, 0.717) is 24.0 Å². The largest absolute Gasteiger partial charge is 0.381 e. The highest BCUT2D eigenvalue weighted by Crippen LogP contribution is 2.51. The van der Waals surface area contributed by atoms with Crippen molar-refractivity contribution >= 4 is 28.7 Å². The first kappa shape index (κ1) is 9.82. The standard InChI is InChI=1S/C11H11ClO2S/c12-10-2-1-6(15-10)3-9(13)11-7-4-14-5-8(7)11/h1-2,7-8,11H,3-5H2. The maximum atomic E-state index is 11.9. The summed E-state index contributed by atoms with van der Waals surface area (Å²) in [6, 6.07) is 3.80. The van der Waals surface area contributed by atoms with Crippen molar-refractivity contribution in [2.45, 2.75) is 6.42 Å². The third-order valence-electron chi connectivity index (χ3n) is 3.30. The molecule has 0 radical (unpaired) electrons. The zero-order chi connectivity index (χ0) is 10.4. The van der Waals surface area contributed by atoms with Crippen LogP contribution in [0, 0.1) is 17.8 Å². The van der Waals surface area contributed by atoms with Gasteiger partial charge in [-0.1, -0.05) is 11.6 Å². The third-order valence-corrected chi connectivity index (χ3v) is 4.53. The molecule has 2 fully saturated rings. The average molecular weight is 243 g/mol. The summed E-state index contributed by atoms with van der Waals surface area (Å²) in [5.41, 5.74) is 0. The minimum atomic E-state index is 0.277. The summed E-state index contributed by atoms with van der Waals surface area (Å²) >= 11 is 7.32. The molecule has 1 aliphatic heterocycles. The van der Waals surface area contributed by atoms with Crippen LogP contribution in [0.3, 0.4) is 0 Å². The van der Waals surface area contributed by atoms with Gasteiger partial charge < -0.3 is 4.74 Å². The van der Waals surface area contributed by atoms with Gasteiger partial charge in [-0.25, -0.2) is 0 Å². The maximum Gasteiger partial charge on any atom is 0.141 e. The molecule has 0 spiro atoms. The highest BCUT2D eigenvalue weighted by atomic mass is 35.5. The van der Waals surface area contributed by atoms with Gasteiger partial charge in [-0.2, -0.15) is 0 Å². The highest BCUT2D eigenvalue weighted by Gasteiger charge is 2.57. The molecule has 3 rings (SSSR count). The minimum absolute atomic E-state index is 0.277. The van der Waals surface area contributed by atoms with Crippen LogP contribution in [0.1, 0.15) is 4.88 Å². The molecule has 15 heavy (non-hydrogen) atoms. The number of ketones is 1. The van der Waals surface area contributed by atoms with Crippen LogP contribution in [0.5, 0.6) is 0 Å². The summed E-state index contributed by atoms with van der Waals surface area (Å²) in [6.45, 7) is 1.57. The van der Waals surface area contributed by atoms with Crippen molar-refractivity contribution in [1.29, 1.82) is 0 Å². The minimum Gasteiger partial charge on any atom is -0.381 e. The van der Waals surface area contributed by atoms with E-state index in [1.807, 2.05) is 12.1 Å². The van der Waals surface area contributed by atoms with Gasteiger partial charge in [0, 0.05) is 17.2 Å². The van der Waals surface area contributed by atoms with Crippen molar-refractivity contribution in [3.8, 4) is 0 Å². The zero-order valence-corrected chi connectivity index (χ0v) is 9.68. The summed E-state index contributed by atoms with van der Waals surface area (Å²) in [5.74, 6) is 1.69. The number of hydrogen-bond acceptors (Lipinski definition) is 3. The maximum absolute atomic E-state index is 11.9. The molecular formula is C11H11ClO2S. The first-order chi connectivity index (χ1) is 7.25. The SMILES string of the molecule is O=C(Cc1ccc(Cl)s1)C1C2COCC21. The molecule has 2 atom stereocenters. The summed E-state index contributed by atoms with van der Waals surface area (Å²) in [7, 11) is 0. The van der Waals surface area contributed by atoms with Gasteiger partial charge in [0.1, 0.15) is 5.78 Å². The van der Waals surface area contributed by atoms with E-state index < -0.39 is 0 Å². The molecule has 1 saturated heterocycles. The molecule has 0 bridgehead atoms. The van der Waals surface area contributed by atoms with Crippen molar-refractivity contribution in [2.24, 2.45) is 17.8 Å². The monoisotopic (exact) mass is 242 g/mol. The first-order valence-electron chi connectivity index (χ1n) is 5.10. The van der Waals surface area contributed by atoms with Crippen molar-refractivity contribution in [3.63, 3.8) is 0 Å². The molecule has 80 valence electrons. The molecule has 2 nitrogen and oxygen atoms in total. The van der Waals surface area contributed by atoms with Crippen molar-refractivity contribution in [1.82, 2.24) is 0 Å². The number of hydrogen-bond donors (Lipinski definition) is 0. The number of Topliss-reactive ketones (excluding diaryl/α,β-unsaturated/α-hetero) is 1. The van der Waals surface area contributed by atoms with Crippen LogP contribution < -0.4 is 0 Å². The van der Waals surface area contributed by atoms with E-state index in [1.165, 1.54) is 11.3 Å². The van der Waals surface area contributed by atoms with Crippen LogP contribution >= 0.6 is 22.9 Å². The van der Waals surface area contributed by atoms with Gasteiger partial charge in [0.2, 0.25) is 0 Å². The Bertz CT molecular complexity index is 391. The number of ether oxygens (including phenoxy) is 1. The van der Waals surface area contributed by atoms with Crippen molar-refractivity contribution < 1.29 is 9.53 Å². The second-order valence-electron chi connectivity index (χ2n) is 4.24. The lowest BCUT2D eigenvalue weighted by Gasteiger charge is -2.01. The number of halogens is 1. The van der Waals surface area contributed by atoms with E-state index in [-0.39, 0.29) is 5.92 Å². The van der Waals surface area contributed by atoms with Crippen LogP contribution in [-0.2, 0) is 16.0 Å². The fourth-order valence-electron chi connectivity index (χ4n) is 2.45. The Kier molecular flexibility index (Phi) is 2.34. The van der Waals surface area contributed by atoms with E-state index in [9.17, 15) is 4.79 Å². The molecule has 4 heteroatoms. The fraction of sp³-hybridized carbons (Fsp3) is 0.545. The van der Waals surface area contributed by atoms with E-state index in [4.69, 9.17) is 16.3 Å². The average Bonchev–Trinajstić information content (AvgIpc) is 2.60. The van der Waals surface area contributed by atoms with Crippen molar-refractivity contribution in [2.75, 3.05) is 13.2 Å². The molecule has 1 aliphatic carbocycles. The Morgan fingerprint density at radius 2 is 2.20 bits per heavy atom. The molecule has 1 aromatic heterocycles.